The molecule has 0 saturated heterocycles. The van der Waals surface area contributed by atoms with Crippen molar-refractivity contribution >= 4 is 5.97 Å². The van der Waals surface area contributed by atoms with Gasteiger partial charge < -0.3 is 18.9 Å². The molecule has 0 saturated carbocycles. The van der Waals surface area contributed by atoms with Crippen molar-refractivity contribution in [3.63, 3.8) is 0 Å². The molecule has 0 amide bonds. The van der Waals surface area contributed by atoms with Gasteiger partial charge in [-0.2, -0.15) is 0 Å². The molecule has 19 heavy (non-hydrogen) atoms. The van der Waals surface area contributed by atoms with E-state index in [0.717, 1.165) is 0 Å². The van der Waals surface area contributed by atoms with E-state index in [2.05, 4.69) is 10.7 Å². The summed E-state index contributed by atoms with van der Waals surface area (Å²) in [7, 11) is 4.33. The Hall–Kier alpha value is -2.19. The third-order valence-corrected chi connectivity index (χ3v) is 2.46. The Morgan fingerprint density at radius 2 is 1.95 bits per heavy atom. The molecule has 0 radical (unpaired) electrons. The Bertz CT molecular complexity index is 475. The first-order valence-corrected chi connectivity index (χ1v) is 5.52. The monoisotopic (exact) mass is 264 g/mol. The van der Waals surface area contributed by atoms with Crippen molar-refractivity contribution in [2.24, 2.45) is 0 Å². The summed E-state index contributed by atoms with van der Waals surface area (Å²) in [6, 6.07) is 5.03. The number of carbonyl (C=O) groups excluding carboxylic acids is 1. The molecule has 0 aliphatic heterocycles. The van der Waals surface area contributed by atoms with Crippen molar-refractivity contribution in [3.8, 4) is 23.8 Å². The quantitative estimate of drug-likeness (QED) is 0.576. The van der Waals surface area contributed by atoms with Crippen LogP contribution in [-0.4, -0.2) is 33.9 Å². The average molecular weight is 264 g/mol. The molecule has 0 spiro atoms. The van der Waals surface area contributed by atoms with Crippen molar-refractivity contribution in [1.29, 1.82) is 0 Å². The SMILES string of the molecule is C#CCOC(C(=O)OC)c1ccc(OC)c(OC)c1. The average Bonchev–Trinajstić information content (AvgIpc) is 2.46. The van der Waals surface area contributed by atoms with E-state index in [9.17, 15) is 4.79 Å². The summed E-state index contributed by atoms with van der Waals surface area (Å²) in [5.41, 5.74) is 0.583. The maximum Gasteiger partial charge on any atom is 0.339 e. The zero-order valence-electron chi connectivity index (χ0n) is 11.1. The molecule has 0 N–H and O–H groups in total. The van der Waals surface area contributed by atoms with Gasteiger partial charge in [-0.15, -0.1) is 6.42 Å². The fourth-order valence-electron chi connectivity index (χ4n) is 1.55. The van der Waals surface area contributed by atoms with Crippen molar-refractivity contribution in [1.82, 2.24) is 0 Å². The van der Waals surface area contributed by atoms with Crippen LogP contribution in [0.1, 0.15) is 11.7 Å². The molecular weight excluding hydrogens is 248 g/mol. The molecule has 5 nitrogen and oxygen atoms in total. The molecule has 102 valence electrons. The molecule has 1 aromatic rings. The van der Waals surface area contributed by atoms with Crippen LogP contribution < -0.4 is 9.47 Å². The largest absolute Gasteiger partial charge is 0.493 e. The number of hydrogen-bond donors (Lipinski definition) is 0. The number of hydrogen-bond acceptors (Lipinski definition) is 5. The van der Waals surface area contributed by atoms with Gasteiger partial charge in [-0.25, -0.2) is 4.79 Å². The summed E-state index contributed by atoms with van der Waals surface area (Å²) in [5.74, 6) is 2.85. The number of carbonyl (C=O) groups is 1. The predicted octanol–water partition coefficient (Wildman–Crippen LogP) is 1.57. The van der Waals surface area contributed by atoms with E-state index in [-0.39, 0.29) is 6.61 Å². The van der Waals surface area contributed by atoms with Gasteiger partial charge in [-0.3, -0.25) is 0 Å². The van der Waals surface area contributed by atoms with E-state index in [1.165, 1.54) is 21.3 Å². The Kier molecular flexibility index (Phi) is 5.71. The lowest BCUT2D eigenvalue weighted by molar-refractivity contribution is -0.153. The summed E-state index contributed by atoms with van der Waals surface area (Å²) >= 11 is 0. The van der Waals surface area contributed by atoms with Crippen molar-refractivity contribution < 1.29 is 23.7 Å². The summed E-state index contributed by atoms with van der Waals surface area (Å²) in [6.45, 7) is 0.00805. The van der Waals surface area contributed by atoms with Gasteiger partial charge in [0.2, 0.25) is 0 Å². The molecule has 0 heterocycles. The first kappa shape index (κ1) is 14.9. The highest BCUT2D eigenvalue weighted by molar-refractivity contribution is 5.76. The van der Waals surface area contributed by atoms with Crippen molar-refractivity contribution in [3.05, 3.63) is 23.8 Å². The summed E-state index contributed by atoms with van der Waals surface area (Å²) < 4.78 is 20.3. The van der Waals surface area contributed by atoms with Crippen LogP contribution >= 0.6 is 0 Å². The van der Waals surface area contributed by atoms with Crippen LogP contribution in [0.15, 0.2) is 18.2 Å². The van der Waals surface area contributed by atoms with Crippen LogP contribution in [0.5, 0.6) is 11.5 Å². The van der Waals surface area contributed by atoms with Crippen LogP contribution in [0, 0.1) is 12.3 Å². The van der Waals surface area contributed by atoms with E-state index in [1.54, 1.807) is 18.2 Å². The summed E-state index contributed by atoms with van der Waals surface area (Å²) in [5, 5.41) is 0. The molecule has 0 aliphatic rings. The van der Waals surface area contributed by atoms with Crippen LogP contribution in [-0.2, 0) is 14.3 Å². The van der Waals surface area contributed by atoms with E-state index in [4.69, 9.17) is 20.6 Å². The number of ether oxygens (including phenoxy) is 4. The number of methoxy groups -OCH3 is 3. The van der Waals surface area contributed by atoms with E-state index in [1.807, 2.05) is 0 Å². The van der Waals surface area contributed by atoms with Crippen molar-refractivity contribution in [2.45, 2.75) is 6.10 Å². The highest BCUT2D eigenvalue weighted by atomic mass is 16.6. The maximum atomic E-state index is 11.7. The Morgan fingerprint density at radius 1 is 1.26 bits per heavy atom. The minimum atomic E-state index is -0.888. The van der Waals surface area contributed by atoms with Gasteiger partial charge in [0, 0.05) is 0 Å². The van der Waals surface area contributed by atoms with E-state index < -0.39 is 12.1 Å². The summed E-state index contributed by atoms with van der Waals surface area (Å²) in [4.78, 5) is 11.7. The molecule has 1 unspecified atom stereocenters. The molecule has 0 fully saturated rings. The minimum absolute atomic E-state index is 0.00805. The maximum absolute atomic E-state index is 11.7. The smallest absolute Gasteiger partial charge is 0.339 e. The number of benzene rings is 1. The predicted molar refractivity (Wildman–Crippen MR) is 69.1 cm³/mol. The van der Waals surface area contributed by atoms with Gasteiger partial charge in [0.05, 0.1) is 21.3 Å². The molecule has 1 aromatic carbocycles. The van der Waals surface area contributed by atoms with Gasteiger partial charge in [0.1, 0.15) is 6.61 Å². The van der Waals surface area contributed by atoms with Crippen LogP contribution in [0.3, 0.4) is 0 Å². The summed E-state index contributed by atoms with van der Waals surface area (Å²) in [6.07, 6.45) is 4.24. The molecule has 1 atom stereocenters. The Morgan fingerprint density at radius 3 is 2.47 bits per heavy atom. The highest BCUT2D eigenvalue weighted by Gasteiger charge is 2.23. The number of esters is 1. The fraction of sp³-hybridized carbons (Fsp3) is 0.357. The second-order valence-electron chi connectivity index (χ2n) is 3.53. The van der Waals surface area contributed by atoms with E-state index in [0.29, 0.717) is 17.1 Å². The Balaban J connectivity index is 3.08. The minimum Gasteiger partial charge on any atom is -0.493 e. The van der Waals surface area contributed by atoms with E-state index >= 15 is 0 Å². The lowest BCUT2D eigenvalue weighted by Gasteiger charge is -2.16. The van der Waals surface area contributed by atoms with Gasteiger partial charge in [0.15, 0.2) is 17.6 Å². The topological polar surface area (TPSA) is 54.0 Å². The second kappa shape index (κ2) is 7.29. The molecule has 0 aromatic heterocycles. The van der Waals surface area contributed by atoms with Crippen molar-refractivity contribution in [2.75, 3.05) is 27.9 Å². The highest BCUT2D eigenvalue weighted by Crippen LogP contribution is 2.31. The molecule has 5 heteroatoms. The zero-order valence-corrected chi connectivity index (χ0v) is 11.1. The fourth-order valence-corrected chi connectivity index (χ4v) is 1.55. The van der Waals surface area contributed by atoms with Crippen LogP contribution in [0.25, 0.3) is 0 Å². The third-order valence-electron chi connectivity index (χ3n) is 2.46. The lowest BCUT2D eigenvalue weighted by atomic mass is 10.1. The molecule has 0 bridgehead atoms. The normalized spacial score (nSPS) is 11.3. The standard InChI is InChI=1S/C14H16O5/c1-5-8-19-13(14(15)18-4)10-6-7-11(16-2)12(9-10)17-3/h1,6-7,9,13H,8H2,2-4H3. The van der Waals surface area contributed by atoms with Gasteiger partial charge in [0.25, 0.3) is 0 Å². The molecule has 0 aliphatic carbocycles. The Labute approximate surface area is 112 Å². The third kappa shape index (κ3) is 3.63. The van der Waals surface area contributed by atoms with Gasteiger partial charge >= 0.3 is 5.97 Å². The molecule has 1 rings (SSSR count). The first-order valence-electron chi connectivity index (χ1n) is 5.52. The molecular formula is C14H16O5. The van der Waals surface area contributed by atoms with Gasteiger partial charge in [-0.05, 0) is 17.7 Å². The van der Waals surface area contributed by atoms with Crippen LogP contribution in [0.2, 0.25) is 0 Å². The van der Waals surface area contributed by atoms with Crippen LogP contribution in [0.4, 0.5) is 0 Å². The lowest BCUT2D eigenvalue weighted by Crippen LogP contribution is -2.18. The first-order chi connectivity index (χ1) is 9.17. The van der Waals surface area contributed by atoms with Gasteiger partial charge in [-0.1, -0.05) is 12.0 Å². The number of terminal acetylenes is 1. The second-order valence-corrected chi connectivity index (χ2v) is 3.53. The number of rotatable bonds is 6. The zero-order chi connectivity index (χ0) is 14.3.